The monoisotopic (exact) mass is 379 g/mol. The van der Waals surface area contributed by atoms with E-state index in [1.165, 1.54) is 77.0 Å². The summed E-state index contributed by atoms with van der Waals surface area (Å²) in [4.78, 5) is 12.3. The molecule has 5 heteroatoms. The number of Topliss-reactive ketones (excluding diaryl/α,β-unsaturated/α-hetero) is 1. The molecule has 0 aromatic carbocycles. The highest BCUT2D eigenvalue weighted by Gasteiger charge is 2.41. The zero-order chi connectivity index (χ0) is 18.1. The SMILES string of the molecule is FC(F)F.O=C1CCCCC1[SH+]C(C1CCCCC1)C1CCCCC1. The number of hydrogen-bond acceptors (Lipinski definition) is 1. The molecule has 0 radical (unpaired) electrons. The van der Waals surface area contributed by atoms with Gasteiger partial charge in [-0.3, -0.25) is 4.79 Å². The van der Waals surface area contributed by atoms with Crippen molar-refractivity contribution >= 4 is 17.5 Å². The number of hydrogen-bond donors (Lipinski definition) is 0. The lowest BCUT2D eigenvalue weighted by Crippen LogP contribution is -2.40. The van der Waals surface area contributed by atoms with Gasteiger partial charge in [0.1, 0.15) is 5.25 Å². The lowest BCUT2D eigenvalue weighted by atomic mass is 9.77. The van der Waals surface area contributed by atoms with Crippen LogP contribution in [0.4, 0.5) is 13.2 Å². The topological polar surface area (TPSA) is 17.1 Å². The molecular formula is C20H34F3OS+. The van der Waals surface area contributed by atoms with Gasteiger partial charge in [0.05, 0.1) is 0 Å². The van der Waals surface area contributed by atoms with Crippen LogP contribution >= 0.6 is 0 Å². The third kappa shape index (κ3) is 7.52. The molecular weight excluding hydrogens is 345 g/mol. The molecule has 1 atom stereocenters. The van der Waals surface area contributed by atoms with Gasteiger partial charge in [-0.25, -0.2) is 0 Å². The first kappa shape index (κ1) is 21.1. The average molecular weight is 380 g/mol. The molecule has 0 aliphatic heterocycles. The molecule has 0 bridgehead atoms. The Hall–Kier alpha value is -0.190. The first-order valence-corrected chi connectivity index (χ1v) is 11.3. The number of halogens is 3. The Morgan fingerprint density at radius 3 is 1.60 bits per heavy atom. The summed E-state index contributed by atoms with van der Waals surface area (Å²) in [5.41, 5.74) is 0. The van der Waals surface area contributed by atoms with E-state index in [-0.39, 0.29) is 0 Å². The molecule has 3 saturated carbocycles. The maximum absolute atomic E-state index is 12.3. The minimum atomic E-state index is -3.67. The fourth-order valence-electron chi connectivity index (χ4n) is 4.91. The molecule has 0 aromatic heterocycles. The summed E-state index contributed by atoms with van der Waals surface area (Å²) in [5.74, 6) is 2.48. The van der Waals surface area contributed by atoms with Gasteiger partial charge in [0, 0.05) is 24.7 Å². The average Bonchev–Trinajstić information content (AvgIpc) is 2.62. The van der Waals surface area contributed by atoms with Crippen LogP contribution in [0.3, 0.4) is 0 Å². The smallest absolute Gasteiger partial charge is 0.294 e. The van der Waals surface area contributed by atoms with Crippen LogP contribution in [0, 0.1) is 11.8 Å². The van der Waals surface area contributed by atoms with Gasteiger partial charge < -0.3 is 0 Å². The van der Waals surface area contributed by atoms with Crippen molar-refractivity contribution in [3.05, 3.63) is 0 Å². The molecule has 0 amide bonds. The highest BCUT2D eigenvalue weighted by molar-refractivity contribution is 7.80. The zero-order valence-electron chi connectivity index (χ0n) is 15.3. The van der Waals surface area contributed by atoms with Gasteiger partial charge in [-0.05, 0) is 50.3 Å². The summed E-state index contributed by atoms with van der Waals surface area (Å²) in [7, 11) is 0. The first-order chi connectivity index (χ1) is 12.1. The second kappa shape index (κ2) is 11.5. The van der Waals surface area contributed by atoms with E-state index < -0.39 is 6.68 Å². The third-order valence-corrected chi connectivity index (χ3v) is 8.23. The second-order valence-corrected chi connectivity index (χ2v) is 9.43. The predicted octanol–water partition coefficient (Wildman–Crippen LogP) is 6.02. The van der Waals surface area contributed by atoms with Crippen molar-refractivity contribution in [2.75, 3.05) is 0 Å². The van der Waals surface area contributed by atoms with Gasteiger partial charge >= 0.3 is 6.68 Å². The highest BCUT2D eigenvalue weighted by atomic mass is 32.2. The van der Waals surface area contributed by atoms with Gasteiger partial charge in [0.2, 0.25) is 0 Å². The van der Waals surface area contributed by atoms with Gasteiger partial charge in [0.25, 0.3) is 0 Å². The number of thiol groups is 1. The van der Waals surface area contributed by atoms with Gasteiger partial charge in [-0.1, -0.05) is 38.5 Å². The normalized spacial score (nSPS) is 26.6. The molecule has 3 rings (SSSR count). The largest absolute Gasteiger partial charge is 0.379 e. The molecule has 146 valence electrons. The van der Waals surface area contributed by atoms with E-state index in [0.717, 1.165) is 29.9 Å². The molecule has 1 unspecified atom stereocenters. The standard InChI is InChI=1S/C19H32OS.CHF3/c20-17-13-7-8-14-18(17)21-19(15-9-3-1-4-10-15)16-11-5-2-6-12-16;2-1(3)4/h15-16,18-19H,1-14H2;1H/p+1. The minimum Gasteiger partial charge on any atom is -0.294 e. The minimum absolute atomic E-state index is 0.410. The summed E-state index contributed by atoms with van der Waals surface area (Å²) in [6.45, 7) is -3.67. The first-order valence-electron chi connectivity index (χ1n) is 10.2. The predicted molar refractivity (Wildman–Crippen MR) is 100 cm³/mol. The summed E-state index contributed by atoms with van der Waals surface area (Å²) < 4.78 is 29.0. The van der Waals surface area contributed by atoms with Crippen LogP contribution < -0.4 is 0 Å². The summed E-state index contributed by atoms with van der Waals surface area (Å²) in [6.07, 6.45) is 19.0. The van der Waals surface area contributed by atoms with Crippen LogP contribution in [-0.4, -0.2) is 23.0 Å². The van der Waals surface area contributed by atoms with Crippen LogP contribution in [0.1, 0.15) is 89.9 Å². The summed E-state index contributed by atoms with van der Waals surface area (Å²) >= 11 is 1.55. The van der Waals surface area contributed by atoms with Crippen molar-refractivity contribution < 1.29 is 18.0 Å². The van der Waals surface area contributed by atoms with Crippen LogP contribution in [0.5, 0.6) is 0 Å². The molecule has 3 aliphatic carbocycles. The van der Waals surface area contributed by atoms with E-state index in [4.69, 9.17) is 0 Å². The van der Waals surface area contributed by atoms with Gasteiger partial charge in [-0.2, -0.15) is 13.2 Å². The Labute approximate surface area is 154 Å². The number of alkyl halides is 3. The zero-order valence-corrected chi connectivity index (χ0v) is 16.2. The van der Waals surface area contributed by atoms with E-state index in [1.54, 1.807) is 11.8 Å². The van der Waals surface area contributed by atoms with Crippen LogP contribution in [-0.2, 0) is 16.6 Å². The third-order valence-electron chi connectivity index (χ3n) is 6.14. The lowest BCUT2D eigenvalue weighted by molar-refractivity contribution is -0.119. The lowest BCUT2D eigenvalue weighted by Gasteiger charge is -2.34. The molecule has 1 nitrogen and oxygen atoms in total. The highest BCUT2D eigenvalue weighted by Crippen LogP contribution is 2.39. The molecule has 0 N–H and O–H groups in total. The van der Waals surface area contributed by atoms with Gasteiger partial charge in [0.15, 0.2) is 11.0 Å². The van der Waals surface area contributed by atoms with Gasteiger partial charge in [-0.15, -0.1) is 0 Å². The molecule has 0 aromatic rings. The van der Waals surface area contributed by atoms with Crippen molar-refractivity contribution in [3.63, 3.8) is 0 Å². The molecule has 3 fully saturated rings. The molecule has 3 aliphatic rings. The van der Waals surface area contributed by atoms with Crippen LogP contribution in [0.2, 0.25) is 0 Å². The van der Waals surface area contributed by atoms with Crippen molar-refractivity contribution in [2.24, 2.45) is 11.8 Å². The van der Waals surface area contributed by atoms with Crippen LogP contribution in [0.25, 0.3) is 0 Å². The number of ketones is 1. The maximum atomic E-state index is 12.3. The van der Waals surface area contributed by atoms with E-state index >= 15 is 0 Å². The van der Waals surface area contributed by atoms with Crippen molar-refractivity contribution in [1.82, 2.24) is 0 Å². The van der Waals surface area contributed by atoms with E-state index in [9.17, 15) is 18.0 Å². The van der Waals surface area contributed by atoms with E-state index in [0.29, 0.717) is 11.0 Å². The number of carbonyl (C=O) groups excluding carboxylic acids is 1. The molecule has 25 heavy (non-hydrogen) atoms. The van der Waals surface area contributed by atoms with Crippen molar-refractivity contribution in [3.8, 4) is 0 Å². The Morgan fingerprint density at radius 1 is 0.720 bits per heavy atom. The number of carbonyl (C=O) groups is 1. The van der Waals surface area contributed by atoms with Crippen molar-refractivity contribution in [2.45, 2.75) is 107 Å². The molecule has 0 spiro atoms. The fraction of sp³-hybridized carbons (Fsp3) is 0.950. The summed E-state index contributed by atoms with van der Waals surface area (Å²) in [5, 5.41) is 1.27. The van der Waals surface area contributed by atoms with E-state index in [2.05, 4.69) is 0 Å². The Bertz CT molecular complexity index is 358. The molecule has 0 heterocycles. The summed E-state index contributed by atoms with van der Waals surface area (Å²) in [6, 6.07) is 0. The van der Waals surface area contributed by atoms with E-state index in [1.807, 2.05) is 0 Å². The Balaban J connectivity index is 0.000000511. The maximum Gasteiger partial charge on any atom is 0.379 e. The quantitative estimate of drug-likeness (QED) is 0.431. The number of rotatable bonds is 4. The van der Waals surface area contributed by atoms with Crippen LogP contribution in [0.15, 0.2) is 0 Å². The Morgan fingerprint density at radius 2 is 1.16 bits per heavy atom. The molecule has 0 saturated heterocycles. The Kier molecular flexibility index (Phi) is 9.72. The van der Waals surface area contributed by atoms with Crippen molar-refractivity contribution in [1.29, 1.82) is 0 Å². The fourth-order valence-corrected chi connectivity index (χ4v) is 7.04. The second-order valence-electron chi connectivity index (χ2n) is 7.91.